The molecule has 1 atom stereocenters. The van der Waals surface area contributed by atoms with Crippen LogP contribution in [0.15, 0.2) is 17.9 Å². The normalized spacial score (nSPS) is 13.3. The molecular formula is C15H24N4S. The van der Waals surface area contributed by atoms with Crippen molar-refractivity contribution < 1.29 is 0 Å². The van der Waals surface area contributed by atoms with Crippen LogP contribution in [0.25, 0.3) is 0 Å². The van der Waals surface area contributed by atoms with Gasteiger partial charge in [0.25, 0.3) is 0 Å². The monoisotopic (exact) mass is 292 g/mol. The molecule has 0 bridgehead atoms. The van der Waals surface area contributed by atoms with Gasteiger partial charge in [0.1, 0.15) is 11.0 Å². The molecule has 0 aromatic carbocycles. The van der Waals surface area contributed by atoms with E-state index in [4.69, 9.17) is 4.98 Å². The summed E-state index contributed by atoms with van der Waals surface area (Å²) in [5, 5.41) is 6.83. The first-order chi connectivity index (χ1) is 9.54. The zero-order valence-electron chi connectivity index (χ0n) is 12.9. The highest BCUT2D eigenvalue weighted by Gasteiger charge is 2.22. The molecule has 0 radical (unpaired) electrons. The molecule has 5 heteroatoms. The first kappa shape index (κ1) is 15.2. The quantitative estimate of drug-likeness (QED) is 0.882. The lowest BCUT2D eigenvalue weighted by molar-refractivity contribution is 0.520. The van der Waals surface area contributed by atoms with Crippen molar-refractivity contribution in [2.24, 2.45) is 0 Å². The van der Waals surface area contributed by atoms with E-state index in [0.29, 0.717) is 12.0 Å². The highest BCUT2D eigenvalue weighted by atomic mass is 32.1. The molecule has 0 spiro atoms. The molecule has 4 nitrogen and oxygen atoms in total. The van der Waals surface area contributed by atoms with Crippen LogP contribution in [0.1, 0.15) is 69.0 Å². The third kappa shape index (κ3) is 3.10. The van der Waals surface area contributed by atoms with Crippen molar-refractivity contribution in [1.29, 1.82) is 0 Å². The Morgan fingerprint density at radius 2 is 2.05 bits per heavy atom. The first-order valence-electron chi connectivity index (χ1n) is 7.25. The minimum atomic E-state index is 0.127. The van der Waals surface area contributed by atoms with Crippen LogP contribution in [-0.2, 0) is 0 Å². The predicted molar refractivity (Wildman–Crippen MR) is 84.3 cm³/mol. The Kier molecular flexibility index (Phi) is 4.94. The zero-order chi connectivity index (χ0) is 14.7. The second-order valence-electron chi connectivity index (χ2n) is 5.58. The number of hydrogen-bond acceptors (Lipinski definition) is 4. The maximum Gasteiger partial charge on any atom is 0.116 e. The molecule has 0 amide bonds. The molecule has 1 unspecified atom stereocenters. The van der Waals surface area contributed by atoms with Crippen LogP contribution >= 0.6 is 11.3 Å². The molecule has 20 heavy (non-hydrogen) atoms. The average Bonchev–Trinajstić information content (AvgIpc) is 3.05. The summed E-state index contributed by atoms with van der Waals surface area (Å²) in [4.78, 5) is 9.11. The van der Waals surface area contributed by atoms with Crippen molar-refractivity contribution in [3.05, 3.63) is 34.3 Å². The summed E-state index contributed by atoms with van der Waals surface area (Å²) in [6.07, 6.45) is 3.85. The van der Waals surface area contributed by atoms with Crippen LogP contribution in [-0.4, -0.2) is 21.1 Å². The SMILES string of the molecule is CCNC(c1nc(C(C)C)cs1)c1cncn1C(C)C. The Hall–Kier alpha value is -1.20. The smallest absolute Gasteiger partial charge is 0.116 e. The fourth-order valence-corrected chi connectivity index (χ4v) is 3.26. The van der Waals surface area contributed by atoms with Gasteiger partial charge in [0.2, 0.25) is 0 Å². The summed E-state index contributed by atoms with van der Waals surface area (Å²) in [6, 6.07) is 0.528. The van der Waals surface area contributed by atoms with E-state index in [9.17, 15) is 0 Å². The zero-order valence-corrected chi connectivity index (χ0v) is 13.7. The van der Waals surface area contributed by atoms with E-state index in [0.717, 1.165) is 11.6 Å². The number of rotatable bonds is 6. The Bertz CT molecular complexity index is 542. The number of hydrogen-bond donors (Lipinski definition) is 1. The van der Waals surface area contributed by atoms with Crippen LogP contribution in [0, 0.1) is 0 Å². The topological polar surface area (TPSA) is 42.7 Å². The minimum Gasteiger partial charge on any atom is -0.330 e. The van der Waals surface area contributed by atoms with Crippen LogP contribution in [0.2, 0.25) is 0 Å². The number of nitrogens with one attached hydrogen (secondary N) is 1. The van der Waals surface area contributed by atoms with Gasteiger partial charge in [-0.05, 0) is 26.3 Å². The number of nitrogens with zero attached hydrogens (tertiary/aromatic N) is 3. The van der Waals surface area contributed by atoms with Crippen molar-refractivity contribution >= 4 is 11.3 Å². The third-order valence-corrected chi connectivity index (χ3v) is 4.26. The fourth-order valence-electron chi connectivity index (χ4n) is 2.19. The number of thiazole rings is 1. The van der Waals surface area contributed by atoms with Gasteiger partial charge in [-0.25, -0.2) is 9.97 Å². The molecule has 0 aliphatic rings. The van der Waals surface area contributed by atoms with Crippen LogP contribution in [0.3, 0.4) is 0 Å². The van der Waals surface area contributed by atoms with Gasteiger partial charge in [-0.1, -0.05) is 20.8 Å². The average molecular weight is 292 g/mol. The van der Waals surface area contributed by atoms with Gasteiger partial charge in [-0.15, -0.1) is 11.3 Å². The Morgan fingerprint density at radius 3 is 2.60 bits per heavy atom. The van der Waals surface area contributed by atoms with E-state index < -0.39 is 0 Å². The van der Waals surface area contributed by atoms with Gasteiger partial charge in [0.15, 0.2) is 0 Å². The summed E-state index contributed by atoms with van der Waals surface area (Å²) in [5.41, 5.74) is 2.36. The predicted octanol–water partition coefficient (Wildman–Crippen LogP) is 3.74. The van der Waals surface area contributed by atoms with E-state index in [2.05, 4.69) is 54.9 Å². The summed E-state index contributed by atoms with van der Waals surface area (Å²) >= 11 is 1.73. The molecule has 0 fully saturated rings. The van der Waals surface area contributed by atoms with Crippen molar-refractivity contribution in [2.75, 3.05) is 6.54 Å². The molecule has 110 valence electrons. The van der Waals surface area contributed by atoms with Crippen molar-refractivity contribution in [1.82, 2.24) is 19.9 Å². The lowest BCUT2D eigenvalue weighted by atomic mass is 10.1. The summed E-state index contributed by atoms with van der Waals surface area (Å²) in [5.74, 6) is 0.470. The van der Waals surface area contributed by atoms with Crippen molar-refractivity contribution in [3.8, 4) is 0 Å². The second-order valence-corrected chi connectivity index (χ2v) is 6.47. The van der Waals surface area contributed by atoms with Gasteiger partial charge in [-0.2, -0.15) is 0 Å². The van der Waals surface area contributed by atoms with Crippen molar-refractivity contribution in [2.45, 2.75) is 52.6 Å². The Balaban J connectivity index is 2.37. The van der Waals surface area contributed by atoms with Crippen molar-refractivity contribution in [3.63, 3.8) is 0 Å². The molecule has 2 rings (SSSR count). The standard InChI is InChI=1S/C15H24N4S/c1-6-17-14(13-7-16-9-19(13)11(4)5)15-18-12(8-20-15)10(2)3/h7-11,14,17H,6H2,1-5H3. The highest BCUT2D eigenvalue weighted by molar-refractivity contribution is 7.09. The van der Waals surface area contributed by atoms with Gasteiger partial charge in [0, 0.05) is 11.4 Å². The Labute approximate surface area is 125 Å². The summed E-state index contributed by atoms with van der Waals surface area (Å²) in [6.45, 7) is 11.7. The molecule has 0 saturated carbocycles. The minimum absolute atomic E-state index is 0.127. The summed E-state index contributed by atoms with van der Waals surface area (Å²) in [7, 11) is 0. The van der Waals surface area contributed by atoms with E-state index >= 15 is 0 Å². The summed E-state index contributed by atoms with van der Waals surface area (Å²) < 4.78 is 2.21. The van der Waals surface area contributed by atoms with Gasteiger partial charge in [0.05, 0.1) is 23.9 Å². The van der Waals surface area contributed by atoms with E-state index in [1.807, 2.05) is 12.5 Å². The van der Waals surface area contributed by atoms with E-state index in [1.54, 1.807) is 11.3 Å². The second kappa shape index (κ2) is 6.50. The molecule has 1 N–H and O–H groups in total. The maximum atomic E-state index is 4.80. The largest absolute Gasteiger partial charge is 0.330 e. The molecule has 0 aliphatic carbocycles. The molecular weight excluding hydrogens is 268 g/mol. The van der Waals surface area contributed by atoms with Gasteiger partial charge < -0.3 is 9.88 Å². The molecule has 2 aromatic heterocycles. The number of aromatic nitrogens is 3. The van der Waals surface area contributed by atoms with Crippen LogP contribution in [0.5, 0.6) is 0 Å². The lowest BCUT2D eigenvalue weighted by Gasteiger charge is -2.19. The molecule has 2 heterocycles. The van der Waals surface area contributed by atoms with Gasteiger partial charge in [-0.3, -0.25) is 0 Å². The highest BCUT2D eigenvalue weighted by Crippen LogP contribution is 2.28. The fraction of sp³-hybridized carbons (Fsp3) is 0.600. The third-order valence-electron chi connectivity index (χ3n) is 3.33. The molecule has 0 aliphatic heterocycles. The lowest BCUT2D eigenvalue weighted by Crippen LogP contribution is -2.25. The molecule has 2 aromatic rings. The van der Waals surface area contributed by atoms with E-state index in [-0.39, 0.29) is 6.04 Å². The van der Waals surface area contributed by atoms with Crippen LogP contribution in [0.4, 0.5) is 0 Å². The van der Waals surface area contributed by atoms with E-state index in [1.165, 1.54) is 11.4 Å². The Morgan fingerprint density at radius 1 is 1.30 bits per heavy atom. The van der Waals surface area contributed by atoms with Gasteiger partial charge >= 0.3 is 0 Å². The molecule has 0 saturated heterocycles. The van der Waals surface area contributed by atoms with Crippen LogP contribution < -0.4 is 5.32 Å². The maximum absolute atomic E-state index is 4.80. The number of imidazole rings is 1. The first-order valence-corrected chi connectivity index (χ1v) is 8.13.